The smallest absolute Gasteiger partial charge is 0.329 e. The van der Waals surface area contributed by atoms with Gasteiger partial charge in [0.1, 0.15) is 17.7 Å². The zero-order valence-electron chi connectivity index (χ0n) is 14.3. The fraction of sp³-hybridized carbons (Fsp3) is 0.875. The van der Waals surface area contributed by atoms with Crippen LogP contribution in [0.2, 0.25) is 0 Å². The van der Waals surface area contributed by atoms with Crippen molar-refractivity contribution < 1.29 is 19.4 Å². The number of hydrogen-bond acceptors (Lipinski definition) is 5. The molecule has 1 amide bonds. The van der Waals surface area contributed by atoms with Crippen LogP contribution in [0.15, 0.2) is 0 Å². The lowest BCUT2D eigenvalue weighted by atomic mass is 10.0. The zero-order chi connectivity index (χ0) is 16.9. The van der Waals surface area contributed by atoms with Crippen LogP contribution in [0.4, 0.5) is 0 Å². The molecule has 0 aliphatic carbocycles. The van der Waals surface area contributed by atoms with Crippen LogP contribution in [0.1, 0.15) is 53.9 Å². The zero-order valence-corrected chi connectivity index (χ0v) is 14.3. The van der Waals surface area contributed by atoms with Crippen molar-refractivity contribution >= 4 is 11.9 Å². The summed E-state index contributed by atoms with van der Waals surface area (Å²) >= 11 is 0. The summed E-state index contributed by atoms with van der Waals surface area (Å²) in [6, 6.07) is -0.971. The Labute approximate surface area is 133 Å². The second kappa shape index (κ2) is 7.92. The van der Waals surface area contributed by atoms with Gasteiger partial charge in [-0.25, -0.2) is 4.79 Å². The van der Waals surface area contributed by atoms with Crippen molar-refractivity contribution in [3.05, 3.63) is 0 Å². The Morgan fingerprint density at radius 1 is 1.36 bits per heavy atom. The van der Waals surface area contributed by atoms with Gasteiger partial charge in [0.05, 0.1) is 0 Å². The standard InChI is InChI=1S/C16H30N2O4/c1-10(2)9-12(15(21)22-16(3,4)5)18-14(20)13(19)11-7-6-8-17-11/h10-13,17,19H,6-9H2,1-5H3,(H,18,20)/t11-,12-,13?/m0/s1. The molecule has 0 radical (unpaired) electrons. The summed E-state index contributed by atoms with van der Waals surface area (Å²) in [6.07, 6.45) is 1.04. The van der Waals surface area contributed by atoms with Gasteiger partial charge in [-0.15, -0.1) is 0 Å². The number of aliphatic hydroxyl groups excluding tert-OH is 1. The van der Waals surface area contributed by atoms with Crippen LogP contribution in [0.3, 0.4) is 0 Å². The Bertz CT molecular complexity index is 384. The number of hydrogen-bond donors (Lipinski definition) is 3. The predicted molar refractivity (Wildman–Crippen MR) is 84.3 cm³/mol. The Hall–Kier alpha value is -1.14. The molecule has 6 nitrogen and oxygen atoms in total. The molecular weight excluding hydrogens is 284 g/mol. The maximum Gasteiger partial charge on any atom is 0.329 e. The molecule has 0 aromatic carbocycles. The van der Waals surface area contributed by atoms with Crippen molar-refractivity contribution in [2.75, 3.05) is 6.54 Å². The van der Waals surface area contributed by atoms with E-state index in [2.05, 4.69) is 10.6 Å². The molecule has 0 bridgehead atoms. The van der Waals surface area contributed by atoms with Gasteiger partial charge >= 0.3 is 5.97 Å². The van der Waals surface area contributed by atoms with E-state index in [4.69, 9.17) is 4.74 Å². The highest BCUT2D eigenvalue weighted by molar-refractivity contribution is 5.87. The summed E-state index contributed by atoms with van der Waals surface area (Å²) in [4.78, 5) is 24.4. The summed E-state index contributed by atoms with van der Waals surface area (Å²) in [7, 11) is 0. The number of esters is 1. The van der Waals surface area contributed by atoms with E-state index in [1.54, 1.807) is 20.8 Å². The number of carbonyl (C=O) groups excluding carboxylic acids is 2. The van der Waals surface area contributed by atoms with E-state index in [1.807, 2.05) is 13.8 Å². The number of aliphatic hydroxyl groups is 1. The van der Waals surface area contributed by atoms with Crippen LogP contribution in [-0.2, 0) is 14.3 Å². The molecule has 1 aliphatic rings. The highest BCUT2D eigenvalue weighted by atomic mass is 16.6. The maximum absolute atomic E-state index is 12.2. The third-order valence-electron chi connectivity index (χ3n) is 3.46. The molecule has 1 fully saturated rings. The van der Waals surface area contributed by atoms with Crippen molar-refractivity contribution in [2.45, 2.75) is 77.7 Å². The largest absolute Gasteiger partial charge is 0.458 e. The first-order valence-electron chi connectivity index (χ1n) is 8.05. The minimum atomic E-state index is -1.14. The van der Waals surface area contributed by atoms with Gasteiger partial charge < -0.3 is 20.5 Å². The molecule has 22 heavy (non-hydrogen) atoms. The normalized spacial score (nSPS) is 21.5. The van der Waals surface area contributed by atoms with Crippen LogP contribution in [-0.4, -0.2) is 47.3 Å². The lowest BCUT2D eigenvalue weighted by molar-refractivity contribution is -0.159. The maximum atomic E-state index is 12.2. The fourth-order valence-corrected chi connectivity index (χ4v) is 2.48. The number of nitrogens with one attached hydrogen (secondary N) is 2. The van der Waals surface area contributed by atoms with Gasteiger partial charge in [0.15, 0.2) is 0 Å². The van der Waals surface area contributed by atoms with Crippen molar-refractivity contribution in [1.29, 1.82) is 0 Å². The van der Waals surface area contributed by atoms with Gasteiger partial charge in [0.2, 0.25) is 0 Å². The van der Waals surface area contributed by atoms with E-state index in [9.17, 15) is 14.7 Å². The summed E-state index contributed by atoms with van der Waals surface area (Å²) in [5.74, 6) is -0.753. The molecule has 1 unspecified atom stereocenters. The second-order valence-corrected chi connectivity index (χ2v) is 7.37. The summed E-state index contributed by atoms with van der Waals surface area (Å²) in [5, 5.41) is 15.8. The van der Waals surface area contributed by atoms with Gasteiger partial charge in [-0.05, 0) is 52.5 Å². The summed E-state index contributed by atoms with van der Waals surface area (Å²) in [5.41, 5.74) is -0.608. The van der Waals surface area contributed by atoms with Gasteiger partial charge in [-0.3, -0.25) is 4.79 Å². The number of carbonyl (C=O) groups is 2. The Balaban J connectivity index is 2.66. The average molecular weight is 314 g/mol. The van der Waals surface area contributed by atoms with Gasteiger partial charge in [0.25, 0.3) is 5.91 Å². The third-order valence-corrected chi connectivity index (χ3v) is 3.46. The molecule has 3 atom stereocenters. The molecule has 1 saturated heterocycles. The third kappa shape index (κ3) is 6.32. The number of ether oxygens (including phenoxy) is 1. The summed E-state index contributed by atoms with van der Waals surface area (Å²) < 4.78 is 5.36. The first kappa shape index (κ1) is 18.9. The molecule has 0 spiro atoms. The monoisotopic (exact) mass is 314 g/mol. The Morgan fingerprint density at radius 3 is 2.45 bits per heavy atom. The van der Waals surface area contributed by atoms with E-state index >= 15 is 0 Å². The molecule has 1 aliphatic heterocycles. The van der Waals surface area contributed by atoms with Gasteiger partial charge in [-0.2, -0.15) is 0 Å². The van der Waals surface area contributed by atoms with Crippen LogP contribution < -0.4 is 10.6 Å². The summed E-state index contributed by atoms with van der Waals surface area (Å²) in [6.45, 7) is 10.1. The number of rotatable bonds is 6. The van der Waals surface area contributed by atoms with Crippen LogP contribution in [0.25, 0.3) is 0 Å². The molecule has 1 heterocycles. The minimum Gasteiger partial charge on any atom is -0.458 e. The molecular formula is C16H30N2O4. The molecule has 1 rings (SSSR count). The Morgan fingerprint density at radius 2 is 2.00 bits per heavy atom. The van der Waals surface area contributed by atoms with E-state index in [1.165, 1.54) is 0 Å². The van der Waals surface area contributed by atoms with Crippen LogP contribution in [0.5, 0.6) is 0 Å². The van der Waals surface area contributed by atoms with Crippen molar-refractivity contribution in [2.24, 2.45) is 5.92 Å². The molecule has 128 valence electrons. The van der Waals surface area contributed by atoms with E-state index in [-0.39, 0.29) is 12.0 Å². The molecule has 0 aromatic heterocycles. The second-order valence-electron chi connectivity index (χ2n) is 7.37. The van der Waals surface area contributed by atoms with Crippen LogP contribution >= 0.6 is 0 Å². The fourth-order valence-electron chi connectivity index (χ4n) is 2.48. The lowest BCUT2D eigenvalue weighted by Crippen LogP contribution is -2.52. The van der Waals surface area contributed by atoms with Crippen molar-refractivity contribution in [1.82, 2.24) is 10.6 Å². The van der Waals surface area contributed by atoms with Crippen molar-refractivity contribution in [3.8, 4) is 0 Å². The van der Waals surface area contributed by atoms with Crippen molar-refractivity contribution in [3.63, 3.8) is 0 Å². The van der Waals surface area contributed by atoms with Gasteiger partial charge in [-0.1, -0.05) is 13.8 Å². The topological polar surface area (TPSA) is 87.7 Å². The van der Waals surface area contributed by atoms with E-state index in [0.717, 1.165) is 19.4 Å². The molecule has 3 N–H and O–H groups in total. The SMILES string of the molecule is CC(C)C[C@H](NC(=O)C(O)[C@@H]1CCCN1)C(=O)OC(C)(C)C. The van der Waals surface area contributed by atoms with E-state index in [0.29, 0.717) is 6.42 Å². The molecule has 0 aromatic rings. The van der Waals surface area contributed by atoms with Gasteiger partial charge in [0, 0.05) is 6.04 Å². The quantitative estimate of drug-likeness (QED) is 0.636. The minimum absolute atomic E-state index is 0.222. The Kier molecular flexibility index (Phi) is 6.81. The first-order chi connectivity index (χ1) is 10.1. The van der Waals surface area contributed by atoms with Crippen LogP contribution in [0, 0.1) is 5.92 Å². The molecule has 6 heteroatoms. The highest BCUT2D eigenvalue weighted by Gasteiger charge is 2.33. The molecule has 0 saturated carbocycles. The van der Waals surface area contributed by atoms with E-state index < -0.39 is 29.6 Å². The lowest BCUT2D eigenvalue weighted by Gasteiger charge is -2.27. The highest BCUT2D eigenvalue weighted by Crippen LogP contribution is 2.14. The first-order valence-corrected chi connectivity index (χ1v) is 8.05. The average Bonchev–Trinajstić information content (AvgIpc) is 2.87. The number of amides is 1. The predicted octanol–water partition coefficient (Wildman–Crippen LogP) is 0.972.